The van der Waals surface area contributed by atoms with E-state index in [1.165, 1.54) is 4.90 Å². The highest BCUT2D eigenvalue weighted by molar-refractivity contribution is 7.96. The monoisotopic (exact) mass is 238 g/mol. The second-order valence-electron chi connectivity index (χ2n) is 3.36. The molecule has 0 aromatic heterocycles. The van der Waals surface area contributed by atoms with E-state index in [1.54, 1.807) is 25.2 Å². The van der Waals surface area contributed by atoms with Crippen LogP contribution in [0, 0.1) is 0 Å². The molecule has 1 aliphatic heterocycles. The quantitative estimate of drug-likeness (QED) is 0.729. The highest BCUT2D eigenvalue weighted by atomic mass is 32.1. The molecule has 0 atom stereocenters. The van der Waals surface area contributed by atoms with Gasteiger partial charge in [0, 0.05) is 12.7 Å². The molecule has 1 heterocycles. The number of amides is 2. The second-order valence-corrected chi connectivity index (χ2v) is 3.74. The number of benzene rings is 1. The molecule has 0 fully saturated rings. The summed E-state index contributed by atoms with van der Waals surface area (Å²) in [7, 11) is 1.60. The maximum atomic E-state index is 11.1. The summed E-state index contributed by atoms with van der Waals surface area (Å²) >= 11 is 3.72. The number of hydrogen-bond donors (Lipinski definition) is 2. The number of nitrogens with one attached hydrogen (secondary N) is 1. The molecule has 2 rings (SSSR count). The van der Waals surface area contributed by atoms with E-state index in [4.69, 9.17) is 4.74 Å². The number of carbonyl (C=O) groups excluding carboxylic acids is 2. The maximum Gasteiger partial charge on any atom is 0.282 e. The zero-order valence-corrected chi connectivity index (χ0v) is 9.45. The van der Waals surface area contributed by atoms with Crippen molar-refractivity contribution in [3.63, 3.8) is 0 Å². The average molecular weight is 238 g/mol. The molecule has 0 spiro atoms. The van der Waals surface area contributed by atoms with Crippen molar-refractivity contribution in [2.75, 3.05) is 23.9 Å². The van der Waals surface area contributed by atoms with Gasteiger partial charge in [0.25, 0.3) is 11.1 Å². The smallest absolute Gasteiger partial charge is 0.282 e. The van der Waals surface area contributed by atoms with Gasteiger partial charge in [-0.1, -0.05) is 12.6 Å². The predicted molar refractivity (Wildman–Crippen MR) is 63.4 cm³/mol. The summed E-state index contributed by atoms with van der Waals surface area (Å²) in [4.78, 5) is 23.5. The maximum absolute atomic E-state index is 11.1. The van der Waals surface area contributed by atoms with Crippen molar-refractivity contribution in [3.05, 3.63) is 18.2 Å². The summed E-state index contributed by atoms with van der Waals surface area (Å²) in [6.07, 6.45) is 0. The molecule has 0 aliphatic carbocycles. The van der Waals surface area contributed by atoms with Gasteiger partial charge in [0.1, 0.15) is 5.75 Å². The molecule has 84 valence electrons. The average Bonchev–Trinajstić information content (AvgIpc) is 2.26. The van der Waals surface area contributed by atoms with E-state index >= 15 is 0 Å². The van der Waals surface area contributed by atoms with Crippen molar-refractivity contribution in [2.45, 2.75) is 0 Å². The fourth-order valence-corrected chi connectivity index (χ4v) is 1.51. The van der Waals surface area contributed by atoms with Crippen molar-refractivity contribution in [1.29, 1.82) is 0 Å². The van der Waals surface area contributed by atoms with Crippen LogP contribution < -0.4 is 15.0 Å². The van der Waals surface area contributed by atoms with Gasteiger partial charge in [-0.15, -0.1) is 0 Å². The number of ether oxygens (including phenoxy) is 1. The fourth-order valence-electron chi connectivity index (χ4n) is 1.39. The van der Waals surface area contributed by atoms with Crippen LogP contribution in [0.5, 0.6) is 5.75 Å². The number of hydrogen-bond acceptors (Lipinski definition) is 3. The Hall–Kier alpha value is -1.69. The van der Waals surface area contributed by atoms with Crippen LogP contribution in [-0.4, -0.2) is 24.8 Å². The van der Waals surface area contributed by atoms with Crippen molar-refractivity contribution < 1.29 is 14.3 Å². The standard InChI is InChI=1S/C10H10N2O3S/c1-12(10(14)16)6-2-3-8-7(4-6)11-9(13)5-15-8/h2-4H,5H2,1H3,(H,11,13)(H,14,16). The third-order valence-corrected chi connectivity index (χ3v) is 2.57. The minimum atomic E-state index is -0.372. The molecule has 0 unspecified atom stereocenters. The predicted octanol–water partition coefficient (Wildman–Crippen LogP) is 1.50. The van der Waals surface area contributed by atoms with Crippen LogP contribution in [0.25, 0.3) is 0 Å². The van der Waals surface area contributed by atoms with E-state index in [9.17, 15) is 9.59 Å². The van der Waals surface area contributed by atoms with Crippen LogP contribution in [0.3, 0.4) is 0 Å². The molecule has 2 amide bonds. The zero-order valence-electron chi connectivity index (χ0n) is 8.56. The van der Waals surface area contributed by atoms with Crippen molar-refractivity contribution in [1.82, 2.24) is 0 Å². The first-order valence-corrected chi connectivity index (χ1v) is 5.06. The summed E-state index contributed by atoms with van der Waals surface area (Å²) in [5.74, 6) is 0.396. The minimum absolute atomic E-state index is 0.0215. The van der Waals surface area contributed by atoms with E-state index in [-0.39, 0.29) is 17.8 Å². The molecular formula is C10H10N2O3S. The molecule has 0 radical (unpaired) electrons. The summed E-state index contributed by atoms with van der Waals surface area (Å²) < 4.78 is 5.20. The second kappa shape index (κ2) is 4.05. The van der Waals surface area contributed by atoms with Gasteiger partial charge in [-0.2, -0.15) is 0 Å². The topological polar surface area (TPSA) is 58.6 Å². The molecule has 1 N–H and O–H groups in total. The molecule has 16 heavy (non-hydrogen) atoms. The van der Waals surface area contributed by atoms with Crippen LogP contribution in [0.2, 0.25) is 0 Å². The number of thiol groups is 1. The summed E-state index contributed by atoms with van der Waals surface area (Å²) in [5.41, 5.74) is 1.21. The molecule has 0 saturated heterocycles. The van der Waals surface area contributed by atoms with Crippen LogP contribution >= 0.6 is 12.6 Å². The van der Waals surface area contributed by atoms with Crippen LogP contribution in [0.4, 0.5) is 16.2 Å². The Morgan fingerprint density at radius 2 is 2.31 bits per heavy atom. The molecule has 1 aromatic rings. The van der Waals surface area contributed by atoms with Crippen LogP contribution in [0.15, 0.2) is 18.2 Å². The number of anilines is 2. The first kappa shape index (κ1) is 10.8. The first-order chi connectivity index (χ1) is 7.58. The van der Waals surface area contributed by atoms with E-state index in [0.29, 0.717) is 17.1 Å². The fraction of sp³-hybridized carbons (Fsp3) is 0.200. The van der Waals surface area contributed by atoms with Crippen molar-refractivity contribution in [2.24, 2.45) is 0 Å². The molecule has 0 saturated carbocycles. The molecule has 5 nitrogen and oxygen atoms in total. The van der Waals surface area contributed by atoms with Crippen molar-refractivity contribution >= 4 is 35.1 Å². The Labute approximate surface area is 97.8 Å². The van der Waals surface area contributed by atoms with Gasteiger partial charge in [0.15, 0.2) is 6.61 Å². The van der Waals surface area contributed by atoms with Crippen LogP contribution in [0.1, 0.15) is 0 Å². The molecule has 1 aromatic carbocycles. The lowest BCUT2D eigenvalue weighted by molar-refractivity contribution is -0.118. The minimum Gasteiger partial charge on any atom is -0.482 e. The molecule has 1 aliphatic rings. The molecule has 6 heteroatoms. The number of fused-ring (bicyclic) bond motifs is 1. The number of rotatable bonds is 1. The number of nitrogens with zero attached hydrogens (tertiary/aromatic N) is 1. The zero-order chi connectivity index (χ0) is 11.7. The first-order valence-electron chi connectivity index (χ1n) is 4.61. The van der Waals surface area contributed by atoms with Gasteiger partial charge in [-0.25, -0.2) is 0 Å². The molecular weight excluding hydrogens is 228 g/mol. The Kier molecular flexibility index (Phi) is 2.74. The van der Waals surface area contributed by atoms with Gasteiger partial charge >= 0.3 is 0 Å². The lowest BCUT2D eigenvalue weighted by Crippen LogP contribution is -2.26. The van der Waals surface area contributed by atoms with Gasteiger partial charge in [-0.3, -0.25) is 9.59 Å². The Bertz CT molecular complexity index is 461. The van der Waals surface area contributed by atoms with Gasteiger partial charge in [0.05, 0.1) is 5.69 Å². The normalized spacial score (nSPS) is 13.5. The van der Waals surface area contributed by atoms with Gasteiger partial charge in [0.2, 0.25) is 0 Å². The van der Waals surface area contributed by atoms with Gasteiger partial charge in [-0.05, 0) is 18.2 Å². The third kappa shape index (κ3) is 1.96. The van der Waals surface area contributed by atoms with E-state index in [0.717, 1.165) is 0 Å². The Morgan fingerprint density at radius 1 is 1.56 bits per heavy atom. The number of carbonyl (C=O) groups is 2. The summed E-state index contributed by atoms with van der Waals surface area (Å²) in [6.45, 7) is 0.0215. The SMILES string of the molecule is CN(C(=O)S)c1ccc2c(c1)NC(=O)CO2. The van der Waals surface area contributed by atoms with E-state index in [1.807, 2.05) is 0 Å². The van der Waals surface area contributed by atoms with E-state index < -0.39 is 0 Å². The molecule has 0 bridgehead atoms. The lowest BCUT2D eigenvalue weighted by Gasteiger charge is -2.21. The van der Waals surface area contributed by atoms with Crippen molar-refractivity contribution in [3.8, 4) is 5.75 Å². The Morgan fingerprint density at radius 3 is 3.00 bits per heavy atom. The summed E-state index contributed by atoms with van der Waals surface area (Å²) in [6, 6.07) is 5.10. The third-order valence-electron chi connectivity index (χ3n) is 2.27. The highest BCUT2D eigenvalue weighted by Gasteiger charge is 2.17. The largest absolute Gasteiger partial charge is 0.482 e. The van der Waals surface area contributed by atoms with E-state index in [2.05, 4.69) is 17.9 Å². The highest BCUT2D eigenvalue weighted by Crippen LogP contribution is 2.31. The van der Waals surface area contributed by atoms with Crippen LogP contribution in [-0.2, 0) is 4.79 Å². The van der Waals surface area contributed by atoms with Gasteiger partial charge < -0.3 is 15.0 Å². The Balaban J connectivity index is 2.34. The lowest BCUT2D eigenvalue weighted by atomic mass is 10.2. The summed E-state index contributed by atoms with van der Waals surface area (Å²) in [5, 5.41) is 2.30.